The normalized spacial score (nSPS) is 10.8. The highest BCUT2D eigenvalue weighted by Crippen LogP contribution is 2.32. The van der Waals surface area contributed by atoms with Gasteiger partial charge in [-0.3, -0.25) is 4.79 Å². The van der Waals surface area contributed by atoms with Gasteiger partial charge in [-0.1, -0.05) is 91.0 Å². The molecule has 0 fully saturated rings. The van der Waals surface area contributed by atoms with Crippen molar-refractivity contribution < 1.29 is 18.0 Å². The second-order valence-electron chi connectivity index (χ2n) is 5.20. The molecule has 1 amide bonds. The van der Waals surface area contributed by atoms with E-state index in [0.29, 0.717) is 0 Å². The lowest BCUT2D eigenvalue weighted by Gasteiger charge is -2.18. The van der Waals surface area contributed by atoms with Crippen LogP contribution < -0.4 is 21.6 Å². The first-order valence-electron chi connectivity index (χ1n) is 7.71. The second-order valence-corrected chi connectivity index (χ2v) is 7.42. The number of hydrogen-bond acceptors (Lipinski definition) is 1. The number of rotatable bonds is 3. The Bertz CT molecular complexity index is 715. The molecule has 26 heavy (non-hydrogen) atoms. The Hall–Kier alpha value is -2.65. The summed E-state index contributed by atoms with van der Waals surface area (Å²) in [7, 11) is -0.446. The van der Waals surface area contributed by atoms with Crippen LogP contribution in [0.25, 0.3) is 0 Å². The van der Waals surface area contributed by atoms with Gasteiger partial charge in [0.25, 0.3) is 0 Å². The van der Waals surface area contributed by atoms with Crippen LogP contribution in [0.5, 0.6) is 0 Å². The summed E-state index contributed by atoms with van der Waals surface area (Å²) in [5.74, 6) is -2.26. The van der Waals surface area contributed by atoms with Crippen molar-refractivity contribution in [1.29, 1.82) is 0 Å². The van der Waals surface area contributed by atoms with Crippen molar-refractivity contribution in [2.24, 2.45) is 5.73 Å². The summed E-state index contributed by atoms with van der Waals surface area (Å²) < 4.78 is 32.1. The summed E-state index contributed by atoms with van der Waals surface area (Å²) >= 11 is 0. The third-order valence-corrected chi connectivity index (χ3v) is 5.77. The highest BCUT2D eigenvalue weighted by atomic mass is 31.1. The van der Waals surface area contributed by atoms with Gasteiger partial charge in [0, 0.05) is 0 Å². The van der Waals surface area contributed by atoms with E-state index in [4.69, 9.17) is 4.79 Å². The highest BCUT2D eigenvalue weighted by Gasteiger charge is 2.35. The smallest absolute Gasteiger partial charge is 0.362 e. The summed E-state index contributed by atoms with van der Waals surface area (Å²) in [6, 6.07) is 32.3. The number of carbonyl (C=O) groups is 1. The Morgan fingerprint density at radius 2 is 0.885 bits per heavy atom. The molecular weight excluding hydrogens is 358 g/mol. The van der Waals surface area contributed by atoms with Gasteiger partial charge in [-0.15, -0.1) is 0 Å². The van der Waals surface area contributed by atoms with E-state index in [-0.39, 0.29) is 0 Å². The van der Waals surface area contributed by atoms with Crippen LogP contribution in [-0.2, 0) is 4.79 Å². The molecule has 0 unspecified atom stereocenters. The number of hydrogen-bond donors (Lipinski definition) is 1. The van der Waals surface area contributed by atoms with Gasteiger partial charge in [0.15, 0.2) is 0 Å². The van der Waals surface area contributed by atoms with E-state index in [2.05, 4.69) is 96.7 Å². The molecule has 0 saturated heterocycles. The predicted octanol–water partition coefficient (Wildman–Crippen LogP) is 3.48. The molecule has 0 aliphatic carbocycles. The van der Waals surface area contributed by atoms with E-state index in [1.807, 2.05) is 0 Å². The molecule has 2 N–H and O–H groups in total. The Balaban J connectivity index is 0.000000298. The number of halogens is 3. The molecule has 0 heterocycles. The van der Waals surface area contributed by atoms with Crippen LogP contribution in [0.3, 0.4) is 0 Å². The monoisotopic (exact) mass is 375 g/mol. The van der Waals surface area contributed by atoms with Crippen molar-refractivity contribution in [1.82, 2.24) is 0 Å². The van der Waals surface area contributed by atoms with E-state index in [0.717, 1.165) is 0 Å². The average molecular weight is 375 g/mol. The first kappa shape index (κ1) is 19.7. The maximum absolute atomic E-state index is 10.7. The van der Waals surface area contributed by atoms with Gasteiger partial charge in [0.1, 0.15) is 0 Å². The molecular formula is C20H17F3NOP. The molecule has 2 nitrogen and oxygen atoms in total. The van der Waals surface area contributed by atoms with Crippen LogP contribution in [0.2, 0.25) is 0 Å². The zero-order valence-electron chi connectivity index (χ0n) is 13.7. The molecule has 0 aliphatic heterocycles. The molecule has 0 atom stereocenters. The molecule has 3 aromatic carbocycles. The minimum atomic E-state index is -4.86. The number of alkyl halides is 3. The van der Waals surface area contributed by atoms with Crippen molar-refractivity contribution in [3.63, 3.8) is 0 Å². The van der Waals surface area contributed by atoms with Gasteiger partial charge in [-0.2, -0.15) is 13.2 Å². The van der Waals surface area contributed by atoms with Gasteiger partial charge < -0.3 is 5.73 Å². The number of primary amides is 1. The Labute approximate surface area is 151 Å². The molecule has 3 rings (SSSR count). The van der Waals surface area contributed by atoms with Crippen LogP contribution >= 0.6 is 7.92 Å². The van der Waals surface area contributed by atoms with Crippen LogP contribution in [0.1, 0.15) is 0 Å². The van der Waals surface area contributed by atoms with Gasteiger partial charge in [-0.05, 0) is 23.8 Å². The van der Waals surface area contributed by atoms with Crippen LogP contribution in [0.4, 0.5) is 13.2 Å². The number of amides is 1. The van der Waals surface area contributed by atoms with Crippen molar-refractivity contribution in [3.05, 3.63) is 91.0 Å². The van der Waals surface area contributed by atoms with E-state index in [1.54, 1.807) is 0 Å². The molecule has 6 heteroatoms. The van der Waals surface area contributed by atoms with Crippen LogP contribution in [0, 0.1) is 0 Å². The predicted molar refractivity (Wildman–Crippen MR) is 100 cm³/mol. The summed E-state index contributed by atoms with van der Waals surface area (Å²) in [5, 5.41) is 4.19. The lowest BCUT2D eigenvalue weighted by Crippen LogP contribution is -2.30. The lowest BCUT2D eigenvalue weighted by molar-refractivity contribution is -0.169. The summed E-state index contributed by atoms with van der Waals surface area (Å²) in [6.45, 7) is 0. The van der Waals surface area contributed by atoms with E-state index < -0.39 is 20.0 Å². The summed E-state index contributed by atoms with van der Waals surface area (Å²) in [4.78, 5) is 9.12. The van der Waals surface area contributed by atoms with Crippen LogP contribution in [0.15, 0.2) is 91.0 Å². The van der Waals surface area contributed by atoms with Gasteiger partial charge in [-0.25, -0.2) is 0 Å². The van der Waals surface area contributed by atoms with Crippen molar-refractivity contribution in [2.75, 3.05) is 0 Å². The zero-order chi connectivity index (χ0) is 19.0. The Morgan fingerprint density at radius 3 is 1.08 bits per heavy atom. The quantitative estimate of drug-likeness (QED) is 0.700. The Kier molecular flexibility index (Phi) is 6.93. The van der Waals surface area contributed by atoms with Gasteiger partial charge in [0.2, 0.25) is 0 Å². The maximum atomic E-state index is 10.7. The molecule has 0 radical (unpaired) electrons. The SMILES string of the molecule is NC(=O)C(F)(F)F.c1ccc(P(c2ccccc2)c2ccccc2)cc1. The third-order valence-electron chi connectivity index (χ3n) is 3.32. The third kappa shape index (κ3) is 5.71. The molecule has 0 aromatic heterocycles. The van der Waals surface area contributed by atoms with Gasteiger partial charge in [0.05, 0.1) is 0 Å². The molecule has 134 valence electrons. The molecule has 3 aromatic rings. The fourth-order valence-corrected chi connectivity index (χ4v) is 4.48. The topological polar surface area (TPSA) is 43.1 Å². The molecule has 0 saturated carbocycles. The molecule has 0 bridgehead atoms. The fourth-order valence-electron chi connectivity index (χ4n) is 2.18. The summed E-state index contributed by atoms with van der Waals surface area (Å²) in [5.41, 5.74) is 3.81. The minimum Gasteiger partial charge on any atom is -0.362 e. The Morgan fingerprint density at radius 1 is 0.654 bits per heavy atom. The molecule has 0 spiro atoms. The van der Waals surface area contributed by atoms with E-state index in [9.17, 15) is 13.2 Å². The van der Waals surface area contributed by atoms with Crippen molar-refractivity contribution in [2.45, 2.75) is 6.18 Å². The zero-order valence-corrected chi connectivity index (χ0v) is 14.6. The average Bonchev–Trinajstić information content (AvgIpc) is 2.64. The van der Waals surface area contributed by atoms with E-state index >= 15 is 0 Å². The van der Waals surface area contributed by atoms with Crippen molar-refractivity contribution in [3.8, 4) is 0 Å². The first-order valence-corrected chi connectivity index (χ1v) is 9.05. The number of benzene rings is 3. The van der Waals surface area contributed by atoms with Gasteiger partial charge >= 0.3 is 12.1 Å². The largest absolute Gasteiger partial charge is 0.470 e. The molecule has 0 aliphatic rings. The number of carbonyl (C=O) groups excluding carboxylic acids is 1. The lowest BCUT2D eigenvalue weighted by atomic mass is 10.4. The highest BCUT2D eigenvalue weighted by molar-refractivity contribution is 7.79. The van der Waals surface area contributed by atoms with Crippen molar-refractivity contribution >= 4 is 29.7 Å². The van der Waals surface area contributed by atoms with Crippen LogP contribution in [-0.4, -0.2) is 12.1 Å². The minimum absolute atomic E-state index is 0.446. The number of nitrogens with two attached hydrogens (primary N) is 1. The maximum Gasteiger partial charge on any atom is 0.470 e. The second kappa shape index (κ2) is 9.16. The fraction of sp³-hybridized carbons (Fsp3) is 0.0500. The van der Waals surface area contributed by atoms with E-state index in [1.165, 1.54) is 15.9 Å². The summed E-state index contributed by atoms with van der Waals surface area (Å²) in [6.07, 6.45) is -4.86. The standard InChI is InChI=1S/C18H15P.C2H2F3NO/c1-4-10-16(11-5-1)19(17-12-6-2-7-13-17)18-14-8-3-9-15-18;3-2(4,5)1(6)7/h1-15H;(H2,6,7). The first-order chi connectivity index (χ1) is 12.4.